The maximum absolute atomic E-state index is 12.3. The number of para-hydroxylation sites is 2. The average Bonchev–Trinajstić information content (AvgIpc) is 2.34. The van der Waals surface area contributed by atoms with Crippen LogP contribution in [0.3, 0.4) is 0 Å². The summed E-state index contributed by atoms with van der Waals surface area (Å²) in [5, 5.41) is 3.28. The second kappa shape index (κ2) is 7.02. The van der Waals surface area contributed by atoms with Gasteiger partial charge in [-0.05, 0) is 12.1 Å². The van der Waals surface area contributed by atoms with E-state index in [1.54, 1.807) is 6.07 Å². The van der Waals surface area contributed by atoms with Crippen molar-refractivity contribution in [1.82, 2.24) is 5.32 Å². The monoisotopic (exact) mass is 305 g/mol. The first-order valence-electron chi connectivity index (χ1n) is 6.80. The smallest absolute Gasteiger partial charge is 0.489 e. The second-order valence-electron chi connectivity index (χ2n) is 5.98. The zero-order valence-electron chi connectivity index (χ0n) is 12.8. The predicted molar refractivity (Wildman–Crippen MR) is 75.5 cm³/mol. The Hall–Kier alpha value is -1.43. The van der Waals surface area contributed by atoms with E-state index in [4.69, 9.17) is 4.74 Å². The number of halogens is 3. The molecule has 0 aromatic heterocycles. The number of nitrogens with one attached hydrogen (secondary N) is 1. The summed E-state index contributed by atoms with van der Waals surface area (Å²) in [5.74, 6) is -0.231. The highest BCUT2D eigenvalue weighted by Crippen LogP contribution is 2.32. The van der Waals surface area contributed by atoms with Crippen LogP contribution < -0.4 is 14.8 Å². The number of rotatable bonds is 7. The fourth-order valence-electron chi connectivity index (χ4n) is 1.58. The zero-order valence-corrected chi connectivity index (χ0v) is 12.8. The predicted octanol–water partition coefficient (Wildman–Crippen LogP) is 3.99. The molecule has 0 radical (unpaired) electrons. The number of benzene rings is 1. The van der Waals surface area contributed by atoms with E-state index in [0.29, 0.717) is 12.6 Å². The third-order valence-corrected chi connectivity index (χ3v) is 2.68. The Morgan fingerprint density at radius 3 is 2.19 bits per heavy atom. The van der Waals surface area contributed by atoms with Gasteiger partial charge in [-0.15, -0.1) is 13.2 Å². The molecule has 0 heterocycles. The largest absolute Gasteiger partial charge is 0.573 e. The summed E-state index contributed by atoms with van der Waals surface area (Å²) < 4.78 is 46.4. The fraction of sp³-hybridized carbons (Fsp3) is 0.600. The van der Waals surface area contributed by atoms with Crippen LogP contribution in [0, 0.1) is 5.41 Å². The molecule has 0 amide bonds. The van der Waals surface area contributed by atoms with Crippen molar-refractivity contribution in [3.8, 4) is 11.5 Å². The highest BCUT2D eigenvalue weighted by molar-refractivity contribution is 5.39. The molecule has 0 bridgehead atoms. The van der Waals surface area contributed by atoms with E-state index in [1.807, 2.05) is 27.7 Å². The molecule has 120 valence electrons. The number of hydrogen-bond acceptors (Lipinski definition) is 3. The van der Waals surface area contributed by atoms with Crippen LogP contribution in [0.2, 0.25) is 0 Å². The van der Waals surface area contributed by atoms with E-state index in [2.05, 4.69) is 10.1 Å². The molecular formula is C15H22F3NO2. The van der Waals surface area contributed by atoms with Crippen molar-refractivity contribution in [3.63, 3.8) is 0 Å². The molecule has 0 unspecified atom stereocenters. The van der Waals surface area contributed by atoms with E-state index in [9.17, 15) is 13.2 Å². The van der Waals surface area contributed by atoms with Crippen molar-refractivity contribution in [1.29, 1.82) is 0 Å². The molecule has 1 aromatic carbocycles. The Kier molecular flexibility index (Phi) is 5.89. The second-order valence-corrected chi connectivity index (χ2v) is 5.98. The average molecular weight is 305 g/mol. The van der Waals surface area contributed by atoms with Crippen molar-refractivity contribution in [2.45, 2.75) is 40.1 Å². The third kappa shape index (κ3) is 7.22. The normalized spacial score (nSPS) is 12.6. The molecule has 0 saturated carbocycles. The van der Waals surface area contributed by atoms with Crippen molar-refractivity contribution in [3.05, 3.63) is 24.3 Å². The van der Waals surface area contributed by atoms with Gasteiger partial charge in [-0.25, -0.2) is 0 Å². The summed E-state index contributed by atoms with van der Waals surface area (Å²) in [6.45, 7) is 9.01. The van der Waals surface area contributed by atoms with Crippen LogP contribution in [0.4, 0.5) is 13.2 Å². The summed E-state index contributed by atoms with van der Waals surface area (Å²) in [7, 11) is 0. The molecule has 0 aliphatic rings. The standard InChI is InChI=1S/C15H22F3NO2/c1-11(2)19-9-14(3,4)10-20-12-7-5-6-8-13(12)21-15(16,17)18/h5-8,11,19H,9-10H2,1-4H3. The van der Waals surface area contributed by atoms with Crippen LogP contribution in [0.5, 0.6) is 11.5 Å². The Balaban J connectivity index is 2.66. The maximum Gasteiger partial charge on any atom is 0.573 e. The van der Waals surface area contributed by atoms with Crippen LogP contribution >= 0.6 is 0 Å². The lowest BCUT2D eigenvalue weighted by Crippen LogP contribution is -2.37. The van der Waals surface area contributed by atoms with E-state index >= 15 is 0 Å². The van der Waals surface area contributed by atoms with Gasteiger partial charge in [0.05, 0.1) is 6.61 Å². The number of alkyl halides is 3. The first-order chi connectivity index (χ1) is 9.59. The third-order valence-electron chi connectivity index (χ3n) is 2.68. The Morgan fingerprint density at radius 2 is 1.67 bits per heavy atom. The van der Waals surface area contributed by atoms with Gasteiger partial charge in [0.1, 0.15) is 0 Å². The van der Waals surface area contributed by atoms with Gasteiger partial charge >= 0.3 is 6.36 Å². The first-order valence-corrected chi connectivity index (χ1v) is 6.80. The SMILES string of the molecule is CC(C)NCC(C)(C)COc1ccccc1OC(F)(F)F. The Bertz CT molecular complexity index is 445. The van der Waals surface area contributed by atoms with Gasteiger partial charge in [-0.3, -0.25) is 0 Å². The van der Waals surface area contributed by atoms with Gasteiger partial charge in [0.15, 0.2) is 11.5 Å². The molecule has 3 nitrogen and oxygen atoms in total. The zero-order chi connectivity index (χ0) is 16.1. The van der Waals surface area contributed by atoms with Gasteiger partial charge in [-0.1, -0.05) is 39.8 Å². The molecular weight excluding hydrogens is 283 g/mol. The minimum Gasteiger partial charge on any atom is -0.489 e. The Labute approximate surface area is 123 Å². The van der Waals surface area contributed by atoms with Crippen LogP contribution in [0.1, 0.15) is 27.7 Å². The maximum atomic E-state index is 12.3. The van der Waals surface area contributed by atoms with Gasteiger partial charge in [-0.2, -0.15) is 0 Å². The van der Waals surface area contributed by atoms with Gasteiger partial charge in [0.25, 0.3) is 0 Å². The molecule has 21 heavy (non-hydrogen) atoms. The molecule has 1 aromatic rings. The summed E-state index contributed by atoms with van der Waals surface area (Å²) in [5.41, 5.74) is -0.213. The fourth-order valence-corrected chi connectivity index (χ4v) is 1.58. The topological polar surface area (TPSA) is 30.5 Å². The van der Waals surface area contributed by atoms with E-state index < -0.39 is 6.36 Å². The highest BCUT2D eigenvalue weighted by atomic mass is 19.4. The molecule has 0 aliphatic heterocycles. The number of ether oxygens (including phenoxy) is 2. The lowest BCUT2D eigenvalue weighted by atomic mass is 9.94. The molecule has 6 heteroatoms. The van der Waals surface area contributed by atoms with Crippen molar-refractivity contribution < 1.29 is 22.6 Å². The molecule has 0 saturated heterocycles. The molecule has 1 rings (SSSR count). The van der Waals surface area contributed by atoms with E-state index in [1.165, 1.54) is 18.2 Å². The number of hydrogen-bond donors (Lipinski definition) is 1. The Morgan fingerprint density at radius 1 is 1.10 bits per heavy atom. The highest BCUT2D eigenvalue weighted by Gasteiger charge is 2.32. The summed E-state index contributed by atoms with van der Waals surface area (Å²) >= 11 is 0. The van der Waals surface area contributed by atoms with Crippen LogP contribution in [0.25, 0.3) is 0 Å². The van der Waals surface area contributed by atoms with Crippen molar-refractivity contribution in [2.24, 2.45) is 5.41 Å². The first kappa shape index (κ1) is 17.6. The van der Waals surface area contributed by atoms with Crippen molar-refractivity contribution >= 4 is 0 Å². The molecule has 1 N–H and O–H groups in total. The summed E-state index contributed by atoms with van der Waals surface area (Å²) in [4.78, 5) is 0. The molecule has 0 spiro atoms. The van der Waals surface area contributed by atoms with Crippen LogP contribution in [-0.2, 0) is 0 Å². The van der Waals surface area contributed by atoms with Crippen LogP contribution in [0.15, 0.2) is 24.3 Å². The lowest BCUT2D eigenvalue weighted by molar-refractivity contribution is -0.275. The van der Waals surface area contributed by atoms with E-state index in [-0.39, 0.29) is 23.5 Å². The minimum atomic E-state index is -4.73. The van der Waals surface area contributed by atoms with Gasteiger partial charge < -0.3 is 14.8 Å². The van der Waals surface area contributed by atoms with Crippen molar-refractivity contribution in [2.75, 3.05) is 13.2 Å². The summed E-state index contributed by atoms with van der Waals surface area (Å²) in [6, 6.07) is 6.12. The molecule has 0 atom stereocenters. The van der Waals surface area contributed by atoms with Gasteiger partial charge in [0, 0.05) is 18.0 Å². The van der Waals surface area contributed by atoms with Gasteiger partial charge in [0.2, 0.25) is 0 Å². The summed E-state index contributed by atoms with van der Waals surface area (Å²) in [6.07, 6.45) is -4.73. The quantitative estimate of drug-likeness (QED) is 0.826. The minimum absolute atomic E-state index is 0.0902. The lowest BCUT2D eigenvalue weighted by Gasteiger charge is -2.27. The molecule has 0 fully saturated rings. The van der Waals surface area contributed by atoms with E-state index in [0.717, 1.165) is 0 Å². The molecule has 0 aliphatic carbocycles. The van der Waals surface area contributed by atoms with Crippen LogP contribution in [-0.4, -0.2) is 25.6 Å².